The highest BCUT2D eigenvalue weighted by atomic mass is 16.2. The predicted octanol–water partition coefficient (Wildman–Crippen LogP) is -2.29. The average Bonchev–Trinajstić information content (AvgIpc) is 2.16. The van der Waals surface area contributed by atoms with Gasteiger partial charge in [0.05, 0.1) is 13.1 Å². The molecule has 1 saturated heterocycles. The second kappa shape index (κ2) is 5.42. The van der Waals surface area contributed by atoms with Crippen LogP contribution in [0.2, 0.25) is 0 Å². The van der Waals surface area contributed by atoms with Crippen LogP contribution in [0.15, 0.2) is 0 Å². The van der Waals surface area contributed by atoms with Crippen molar-refractivity contribution in [2.24, 2.45) is 5.84 Å². The fourth-order valence-electron chi connectivity index (χ4n) is 1.39. The van der Waals surface area contributed by atoms with Gasteiger partial charge in [0, 0.05) is 6.42 Å². The van der Waals surface area contributed by atoms with Gasteiger partial charge in [-0.2, -0.15) is 0 Å². The Kier molecular flexibility index (Phi) is 4.19. The molecule has 1 rings (SSSR count). The summed E-state index contributed by atoms with van der Waals surface area (Å²) in [6, 6.07) is 0. The molecule has 4 N–H and O–H groups in total. The van der Waals surface area contributed by atoms with Gasteiger partial charge in [-0.15, -0.1) is 0 Å². The van der Waals surface area contributed by atoms with Crippen LogP contribution in [-0.2, 0) is 14.4 Å². The molecule has 7 heteroatoms. The molecular formula is C8H14N4O3. The van der Waals surface area contributed by atoms with Crippen molar-refractivity contribution in [3.63, 3.8) is 0 Å². The number of nitrogens with zero attached hydrogens (tertiary/aromatic N) is 1. The van der Waals surface area contributed by atoms with Crippen LogP contribution in [0.5, 0.6) is 0 Å². The molecule has 1 aliphatic heterocycles. The Labute approximate surface area is 86.9 Å². The number of carbonyl (C=O) groups is 3. The maximum absolute atomic E-state index is 11.0. The summed E-state index contributed by atoms with van der Waals surface area (Å²) in [5.41, 5.74) is 2.02. The number of nitrogens with two attached hydrogens (primary N) is 1. The van der Waals surface area contributed by atoms with Crippen molar-refractivity contribution in [2.45, 2.75) is 12.8 Å². The van der Waals surface area contributed by atoms with E-state index in [4.69, 9.17) is 5.84 Å². The number of rotatable bonds is 4. The first-order valence-electron chi connectivity index (χ1n) is 4.66. The van der Waals surface area contributed by atoms with Gasteiger partial charge in [0.2, 0.25) is 17.7 Å². The zero-order chi connectivity index (χ0) is 11.3. The van der Waals surface area contributed by atoms with Crippen LogP contribution in [0, 0.1) is 0 Å². The lowest BCUT2D eigenvalue weighted by Gasteiger charge is -2.24. The molecule has 0 aromatic heterocycles. The highest BCUT2D eigenvalue weighted by Gasteiger charge is 2.21. The van der Waals surface area contributed by atoms with Gasteiger partial charge in [-0.25, -0.2) is 5.84 Å². The Bertz CT molecular complexity index is 263. The first-order valence-corrected chi connectivity index (χ1v) is 4.66. The Morgan fingerprint density at radius 1 is 1.40 bits per heavy atom. The van der Waals surface area contributed by atoms with E-state index in [0.29, 0.717) is 19.4 Å². The summed E-state index contributed by atoms with van der Waals surface area (Å²) in [4.78, 5) is 34.4. The molecular weight excluding hydrogens is 200 g/mol. The summed E-state index contributed by atoms with van der Waals surface area (Å²) < 4.78 is 0. The number of hydrazine groups is 1. The van der Waals surface area contributed by atoms with Gasteiger partial charge < -0.3 is 0 Å². The normalized spacial score (nSPS) is 17.4. The summed E-state index contributed by atoms with van der Waals surface area (Å²) in [6.45, 7) is 0.943. The molecule has 0 aromatic rings. The highest BCUT2D eigenvalue weighted by molar-refractivity contribution is 5.99. The van der Waals surface area contributed by atoms with E-state index in [-0.39, 0.29) is 30.8 Å². The summed E-state index contributed by atoms with van der Waals surface area (Å²) >= 11 is 0. The zero-order valence-corrected chi connectivity index (χ0v) is 8.28. The van der Waals surface area contributed by atoms with Gasteiger partial charge in [-0.3, -0.25) is 30.0 Å². The van der Waals surface area contributed by atoms with Gasteiger partial charge >= 0.3 is 0 Å². The quantitative estimate of drug-likeness (QED) is 0.211. The first-order chi connectivity index (χ1) is 7.11. The van der Waals surface area contributed by atoms with Crippen LogP contribution < -0.4 is 16.6 Å². The van der Waals surface area contributed by atoms with Crippen LogP contribution in [0.4, 0.5) is 0 Å². The van der Waals surface area contributed by atoms with Crippen LogP contribution in [0.1, 0.15) is 12.8 Å². The molecule has 0 aromatic carbocycles. The number of piperazine rings is 1. The Morgan fingerprint density at radius 3 is 2.53 bits per heavy atom. The molecule has 15 heavy (non-hydrogen) atoms. The molecule has 0 saturated carbocycles. The third-order valence-electron chi connectivity index (χ3n) is 2.05. The topological polar surface area (TPSA) is 105 Å². The van der Waals surface area contributed by atoms with E-state index in [1.807, 2.05) is 5.43 Å². The smallest absolute Gasteiger partial charge is 0.240 e. The molecule has 0 atom stereocenters. The molecule has 0 aliphatic carbocycles. The number of imide groups is 1. The minimum Gasteiger partial charge on any atom is -0.294 e. The van der Waals surface area contributed by atoms with E-state index in [0.717, 1.165) is 0 Å². The molecule has 1 aliphatic rings. The van der Waals surface area contributed by atoms with Crippen molar-refractivity contribution in [1.82, 2.24) is 15.6 Å². The van der Waals surface area contributed by atoms with Crippen molar-refractivity contribution < 1.29 is 14.4 Å². The predicted molar refractivity (Wildman–Crippen MR) is 51.2 cm³/mol. The van der Waals surface area contributed by atoms with E-state index in [9.17, 15) is 14.4 Å². The summed E-state index contributed by atoms with van der Waals surface area (Å²) in [5.74, 6) is 4.06. The Hall–Kier alpha value is -1.47. The maximum Gasteiger partial charge on any atom is 0.240 e. The lowest BCUT2D eigenvalue weighted by Crippen LogP contribution is -2.51. The molecule has 1 fully saturated rings. The number of nitrogens with one attached hydrogen (secondary N) is 2. The number of hydrogen-bond acceptors (Lipinski definition) is 5. The average molecular weight is 214 g/mol. The zero-order valence-electron chi connectivity index (χ0n) is 8.28. The van der Waals surface area contributed by atoms with E-state index in [1.165, 1.54) is 0 Å². The Balaban J connectivity index is 2.23. The fraction of sp³-hybridized carbons (Fsp3) is 0.625. The van der Waals surface area contributed by atoms with Crippen molar-refractivity contribution in [3.05, 3.63) is 0 Å². The molecule has 0 spiro atoms. The van der Waals surface area contributed by atoms with Gasteiger partial charge in [0.25, 0.3) is 0 Å². The standard InChI is InChI=1S/C8H14N4O3/c9-11-6(13)2-1-3-12-4-7(14)10-8(15)5-12/h1-5,9H2,(H,11,13)(H,10,14,15). The van der Waals surface area contributed by atoms with Crippen LogP contribution >= 0.6 is 0 Å². The van der Waals surface area contributed by atoms with Gasteiger partial charge in [-0.05, 0) is 13.0 Å². The summed E-state index contributed by atoms with van der Waals surface area (Å²) in [7, 11) is 0. The second-order valence-corrected chi connectivity index (χ2v) is 3.35. The molecule has 3 amide bonds. The lowest BCUT2D eigenvalue weighted by atomic mass is 10.2. The minimum atomic E-state index is -0.297. The molecule has 84 valence electrons. The van der Waals surface area contributed by atoms with Crippen molar-refractivity contribution in [3.8, 4) is 0 Å². The van der Waals surface area contributed by atoms with Crippen LogP contribution in [0.25, 0.3) is 0 Å². The van der Waals surface area contributed by atoms with E-state index >= 15 is 0 Å². The maximum atomic E-state index is 11.0. The molecule has 1 heterocycles. The molecule has 0 unspecified atom stereocenters. The van der Waals surface area contributed by atoms with Crippen molar-refractivity contribution in [1.29, 1.82) is 0 Å². The second-order valence-electron chi connectivity index (χ2n) is 3.35. The van der Waals surface area contributed by atoms with Crippen molar-refractivity contribution >= 4 is 17.7 Å². The van der Waals surface area contributed by atoms with Crippen LogP contribution in [0.3, 0.4) is 0 Å². The third-order valence-corrected chi connectivity index (χ3v) is 2.05. The van der Waals surface area contributed by atoms with E-state index in [1.54, 1.807) is 4.90 Å². The number of carbonyl (C=O) groups excluding carboxylic acids is 3. The fourth-order valence-corrected chi connectivity index (χ4v) is 1.39. The monoisotopic (exact) mass is 214 g/mol. The van der Waals surface area contributed by atoms with Crippen molar-refractivity contribution in [2.75, 3.05) is 19.6 Å². The third kappa shape index (κ3) is 4.05. The lowest BCUT2D eigenvalue weighted by molar-refractivity contribution is -0.136. The number of hydrogen-bond donors (Lipinski definition) is 3. The first kappa shape index (κ1) is 11.6. The van der Waals surface area contributed by atoms with Gasteiger partial charge in [0.1, 0.15) is 0 Å². The van der Waals surface area contributed by atoms with E-state index < -0.39 is 0 Å². The van der Waals surface area contributed by atoms with Gasteiger partial charge in [-0.1, -0.05) is 0 Å². The largest absolute Gasteiger partial charge is 0.294 e. The summed E-state index contributed by atoms with van der Waals surface area (Å²) in [6.07, 6.45) is 0.867. The summed E-state index contributed by atoms with van der Waals surface area (Å²) in [5, 5.41) is 2.20. The van der Waals surface area contributed by atoms with E-state index in [2.05, 4.69) is 5.32 Å². The molecule has 7 nitrogen and oxygen atoms in total. The SMILES string of the molecule is NNC(=O)CCCN1CC(=O)NC(=O)C1. The number of amides is 3. The molecule has 0 bridgehead atoms. The highest BCUT2D eigenvalue weighted by Crippen LogP contribution is 1.98. The Morgan fingerprint density at radius 2 is 2.00 bits per heavy atom. The van der Waals surface area contributed by atoms with Gasteiger partial charge in [0.15, 0.2) is 0 Å². The minimum absolute atomic E-state index is 0.204. The van der Waals surface area contributed by atoms with Crippen LogP contribution in [-0.4, -0.2) is 42.3 Å². The molecule has 0 radical (unpaired) electrons.